The van der Waals surface area contributed by atoms with E-state index in [0.29, 0.717) is 6.61 Å². The number of aryl methyl sites for hydroxylation is 2. The summed E-state index contributed by atoms with van der Waals surface area (Å²) < 4.78 is 21.9. The predicted molar refractivity (Wildman–Crippen MR) is 88.4 cm³/mol. The third-order valence-corrected chi connectivity index (χ3v) is 5.33. The first-order valence-electron chi connectivity index (χ1n) is 7.54. The standard InChI is InChI=1S/C16H17FN4OS/c1-10-14-15(20(2)19-10)18-16(23-14)21-7-8-22-13(9-21)11-3-5-12(17)6-4-11/h3-6,13H,7-9H2,1-2H3. The number of anilines is 1. The van der Waals surface area contributed by atoms with Crippen molar-refractivity contribution in [1.29, 1.82) is 0 Å². The van der Waals surface area contributed by atoms with Gasteiger partial charge in [0, 0.05) is 13.6 Å². The van der Waals surface area contributed by atoms with E-state index in [1.165, 1.54) is 12.1 Å². The fraction of sp³-hybridized carbons (Fsp3) is 0.375. The maximum absolute atomic E-state index is 13.1. The Balaban J connectivity index is 1.60. The molecule has 2 aromatic heterocycles. The Morgan fingerprint density at radius 1 is 1.30 bits per heavy atom. The minimum Gasteiger partial charge on any atom is -0.370 e. The van der Waals surface area contributed by atoms with Gasteiger partial charge in [0.05, 0.1) is 23.5 Å². The van der Waals surface area contributed by atoms with Crippen molar-refractivity contribution in [3.63, 3.8) is 0 Å². The van der Waals surface area contributed by atoms with Crippen LogP contribution in [0.5, 0.6) is 0 Å². The second kappa shape index (κ2) is 5.58. The highest BCUT2D eigenvalue weighted by molar-refractivity contribution is 7.22. The Morgan fingerprint density at radius 3 is 2.83 bits per heavy atom. The number of fused-ring (bicyclic) bond motifs is 1. The van der Waals surface area contributed by atoms with Gasteiger partial charge in [0.2, 0.25) is 0 Å². The number of morpholine rings is 1. The number of halogens is 1. The number of thiazole rings is 1. The van der Waals surface area contributed by atoms with E-state index in [1.807, 2.05) is 18.7 Å². The normalized spacial score (nSPS) is 18.7. The van der Waals surface area contributed by atoms with Crippen LogP contribution in [0, 0.1) is 12.7 Å². The molecule has 120 valence electrons. The number of nitrogens with zero attached hydrogens (tertiary/aromatic N) is 4. The van der Waals surface area contributed by atoms with Gasteiger partial charge in [0.15, 0.2) is 10.8 Å². The maximum Gasteiger partial charge on any atom is 0.188 e. The highest BCUT2D eigenvalue weighted by Gasteiger charge is 2.25. The summed E-state index contributed by atoms with van der Waals surface area (Å²) in [4.78, 5) is 6.97. The first kappa shape index (κ1) is 14.6. The largest absolute Gasteiger partial charge is 0.370 e. The summed E-state index contributed by atoms with van der Waals surface area (Å²) in [7, 11) is 1.92. The van der Waals surface area contributed by atoms with Gasteiger partial charge >= 0.3 is 0 Å². The second-order valence-electron chi connectivity index (χ2n) is 5.72. The molecule has 1 atom stereocenters. The van der Waals surface area contributed by atoms with Crippen molar-refractivity contribution in [1.82, 2.24) is 14.8 Å². The van der Waals surface area contributed by atoms with Gasteiger partial charge in [0.1, 0.15) is 11.9 Å². The number of ether oxygens (including phenoxy) is 1. The summed E-state index contributed by atoms with van der Waals surface area (Å²) in [5, 5.41) is 5.39. The Bertz CT molecular complexity index is 807. The Morgan fingerprint density at radius 2 is 2.09 bits per heavy atom. The molecule has 0 saturated carbocycles. The molecule has 23 heavy (non-hydrogen) atoms. The van der Waals surface area contributed by atoms with Crippen molar-refractivity contribution in [2.75, 3.05) is 24.6 Å². The fourth-order valence-corrected chi connectivity index (χ4v) is 3.98. The van der Waals surface area contributed by atoms with Gasteiger partial charge < -0.3 is 9.64 Å². The van der Waals surface area contributed by atoms with Gasteiger partial charge in [-0.2, -0.15) is 5.10 Å². The van der Waals surface area contributed by atoms with Gasteiger partial charge in [0.25, 0.3) is 0 Å². The van der Waals surface area contributed by atoms with Crippen LogP contribution in [0.2, 0.25) is 0 Å². The third kappa shape index (κ3) is 2.60. The molecule has 0 bridgehead atoms. The van der Waals surface area contributed by atoms with Crippen LogP contribution < -0.4 is 4.90 Å². The van der Waals surface area contributed by atoms with Gasteiger partial charge in [-0.1, -0.05) is 23.5 Å². The minimum atomic E-state index is -0.226. The quantitative estimate of drug-likeness (QED) is 0.723. The molecular formula is C16H17FN4OS. The van der Waals surface area contributed by atoms with E-state index < -0.39 is 0 Å². The van der Waals surface area contributed by atoms with Crippen LogP contribution >= 0.6 is 11.3 Å². The lowest BCUT2D eigenvalue weighted by molar-refractivity contribution is 0.0397. The van der Waals surface area contributed by atoms with Gasteiger partial charge in [-0.3, -0.25) is 0 Å². The average Bonchev–Trinajstić information content (AvgIpc) is 3.10. The molecule has 0 radical (unpaired) electrons. The predicted octanol–water partition coefficient (Wildman–Crippen LogP) is 3.06. The fourth-order valence-electron chi connectivity index (χ4n) is 2.91. The van der Waals surface area contributed by atoms with Crippen molar-refractivity contribution >= 4 is 26.8 Å². The molecule has 3 heterocycles. The number of benzene rings is 1. The van der Waals surface area contributed by atoms with E-state index in [2.05, 4.69) is 10.00 Å². The Hall–Kier alpha value is -1.99. The average molecular weight is 332 g/mol. The van der Waals surface area contributed by atoms with Gasteiger partial charge in [-0.05, 0) is 24.6 Å². The zero-order valence-electron chi connectivity index (χ0n) is 13.0. The van der Waals surface area contributed by atoms with Gasteiger partial charge in [-0.25, -0.2) is 14.1 Å². The van der Waals surface area contributed by atoms with E-state index in [-0.39, 0.29) is 11.9 Å². The molecule has 3 aromatic rings. The van der Waals surface area contributed by atoms with Crippen LogP contribution in [0.15, 0.2) is 24.3 Å². The van der Waals surface area contributed by atoms with E-state index >= 15 is 0 Å². The molecule has 1 aromatic carbocycles. The number of hydrogen-bond donors (Lipinski definition) is 0. The van der Waals surface area contributed by atoms with Crippen molar-refractivity contribution in [3.05, 3.63) is 41.3 Å². The van der Waals surface area contributed by atoms with Crippen LogP contribution in [0.25, 0.3) is 10.3 Å². The van der Waals surface area contributed by atoms with Crippen LogP contribution in [0.3, 0.4) is 0 Å². The molecule has 1 fully saturated rings. The monoisotopic (exact) mass is 332 g/mol. The Labute approximate surface area is 137 Å². The summed E-state index contributed by atoms with van der Waals surface area (Å²) in [6, 6.07) is 6.53. The molecule has 0 spiro atoms. The van der Waals surface area contributed by atoms with E-state index in [9.17, 15) is 4.39 Å². The van der Waals surface area contributed by atoms with E-state index in [0.717, 1.165) is 39.8 Å². The Kier molecular flexibility index (Phi) is 3.54. The molecule has 4 rings (SSSR count). The van der Waals surface area contributed by atoms with Crippen LogP contribution in [-0.4, -0.2) is 34.5 Å². The lowest BCUT2D eigenvalue weighted by Crippen LogP contribution is -2.38. The van der Waals surface area contributed by atoms with Crippen LogP contribution in [0.1, 0.15) is 17.4 Å². The molecule has 7 heteroatoms. The van der Waals surface area contributed by atoms with Crippen molar-refractivity contribution in [2.24, 2.45) is 7.05 Å². The number of aromatic nitrogens is 3. The van der Waals surface area contributed by atoms with Crippen LogP contribution in [0.4, 0.5) is 9.52 Å². The second-order valence-corrected chi connectivity index (χ2v) is 6.69. The summed E-state index contributed by atoms with van der Waals surface area (Å²) >= 11 is 1.67. The highest BCUT2D eigenvalue weighted by atomic mass is 32.1. The smallest absolute Gasteiger partial charge is 0.188 e. The zero-order chi connectivity index (χ0) is 16.0. The first-order valence-corrected chi connectivity index (χ1v) is 8.35. The maximum atomic E-state index is 13.1. The summed E-state index contributed by atoms with van der Waals surface area (Å²) in [5.41, 5.74) is 2.93. The van der Waals surface area contributed by atoms with Gasteiger partial charge in [-0.15, -0.1) is 0 Å². The molecular weight excluding hydrogens is 315 g/mol. The SMILES string of the molecule is Cc1nn(C)c2nc(N3CCOC(c4ccc(F)cc4)C3)sc12. The molecule has 1 saturated heterocycles. The lowest BCUT2D eigenvalue weighted by Gasteiger charge is -2.32. The summed E-state index contributed by atoms with van der Waals surface area (Å²) in [5.74, 6) is -0.226. The lowest BCUT2D eigenvalue weighted by atomic mass is 10.1. The molecule has 0 aliphatic carbocycles. The molecule has 1 unspecified atom stereocenters. The minimum absolute atomic E-state index is 0.0596. The molecule has 5 nitrogen and oxygen atoms in total. The molecule has 0 amide bonds. The van der Waals surface area contributed by atoms with Crippen molar-refractivity contribution < 1.29 is 9.13 Å². The number of hydrogen-bond acceptors (Lipinski definition) is 5. The zero-order valence-corrected chi connectivity index (χ0v) is 13.8. The third-order valence-electron chi connectivity index (χ3n) is 4.11. The van der Waals surface area contributed by atoms with Crippen molar-refractivity contribution in [3.8, 4) is 0 Å². The summed E-state index contributed by atoms with van der Waals surface area (Å²) in [6.07, 6.45) is -0.0596. The highest BCUT2D eigenvalue weighted by Crippen LogP contribution is 2.33. The molecule has 1 aliphatic heterocycles. The topological polar surface area (TPSA) is 43.2 Å². The van der Waals surface area contributed by atoms with E-state index in [4.69, 9.17) is 9.72 Å². The first-order chi connectivity index (χ1) is 11.1. The molecule has 0 N–H and O–H groups in total. The van der Waals surface area contributed by atoms with Crippen LogP contribution in [-0.2, 0) is 11.8 Å². The van der Waals surface area contributed by atoms with E-state index in [1.54, 1.807) is 23.5 Å². The van der Waals surface area contributed by atoms with Crippen molar-refractivity contribution in [2.45, 2.75) is 13.0 Å². The summed E-state index contributed by atoms with van der Waals surface area (Å²) in [6.45, 7) is 4.17. The number of rotatable bonds is 2. The molecule has 1 aliphatic rings.